The Labute approximate surface area is 163 Å². The monoisotopic (exact) mass is 394 g/mol. The van der Waals surface area contributed by atoms with Gasteiger partial charge in [-0.1, -0.05) is 35.9 Å². The second kappa shape index (κ2) is 7.32. The van der Waals surface area contributed by atoms with Gasteiger partial charge in [0, 0.05) is 5.56 Å². The highest BCUT2D eigenvalue weighted by molar-refractivity contribution is 7.13. The number of hydrogen-bond donors (Lipinski definition) is 1. The smallest absolute Gasteiger partial charge is 0.273 e. The molecule has 0 fully saturated rings. The third-order valence-corrected chi connectivity index (χ3v) is 5.03. The number of aromatic nitrogens is 3. The van der Waals surface area contributed by atoms with Gasteiger partial charge in [-0.2, -0.15) is 4.37 Å². The van der Waals surface area contributed by atoms with Crippen LogP contribution in [-0.4, -0.2) is 19.8 Å². The van der Waals surface area contributed by atoms with Gasteiger partial charge in [0.25, 0.3) is 5.56 Å². The molecule has 1 amide bonds. The normalized spacial score (nSPS) is 10.9. The molecule has 0 unspecified atom stereocenters. The van der Waals surface area contributed by atoms with Crippen molar-refractivity contribution >= 4 is 33.3 Å². The molecule has 0 bridgehead atoms. The Hall–Kier alpha value is -3.39. The summed E-state index contributed by atoms with van der Waals surface area (Å²) in [6.07, 6.45) is 1.32. The van der Waals surface area contributed by atoms with Crippen molar-refractivity contribution in [2.45, 2.75) is 13.5 Å². The van der Waals surface area contributed by atoms with E-state index >= 15 is 0 Å². The van der Waals surface area contributed by atoms with Gasteiger partial charge in [0.05, 0.1) is 12.0 Å². The number of nitrogens with zero attached hydrogens (tertiary/aromatic N) is 3. The molecule has 0 radical (unpaired) electrons. The third-order valence-electron chi connectivity index (χ3n) is 4.20. The molecule has 0 aliphatic heterocycles. The lowest BCUT2D eigenvalue weighted by atomic mass is 10.1. The highest BCUT2D eigenvalue weighted by Gasteiger charge is 2.16. The summed E-state index contributed by atoms with van der Waals surface area (Å²) in [6.45, 7) is 1.71. The molecular formula is C20H15FN4O2S. The number of amides is 1. The predicted octanol–water partition coefficient (Wildman–Crippen LogP) is 3.61. The minimum atomic E-state index is -0.540. The fourth-order valence-corrected chi connectivity index (χ4v) is 3.66. The maximum absolute atomic E-state index is 13.7. The van der Waals surface area contributed by atoms with Gasteiger partial charge in [-0.3, -0.25) is 14.2 Å². The van der Waals surface area contributed by atoms with Crippen molar-refractivity contribution in [2.24, 2.45) is 0 Å². The van der Waals surface area contributed by atoms with Crippen LogP contribution in [0.5, 0.6) is 0 Å². The lowest BCUT2D eigenvalue weighted by molar-refractivity contribution is -0.116. The average Bonchev–Trinajstić information content (AvgIpc) is 3.11. The Morgan fingerprint density at radius 1 is 1.21 bits per heavy atom. The number of benzene rings is 2. The van der Waals surface area contributed by atoms with Gasteiger partial charge in [0.1, 0.15) is 28.3 Å². The van der Waals surface area contributed by atoms with E-state index in [1.165, 1.54) is 29.1 Å². The first-order valence-electron chi connectivity index (χ1n) is 8.49. The zero-order valence-corrected chi connectivity index (χ0v) is 15.7. The van der Waals surface area contributed by atoms with Gasteiger partial charge in [-0.15, -0.1) is 0 Å². The minimum absolute atomic E-state index is 0.0640. The molecule has 6 nitrogen and oxygen atoms in total. The van der Waals surface area contributed by atoms with Crippen LogP contribution in [0.15, 0.2) is 59.7 Å². The highest BCUT2D eigenvalue weighted by atomic mass is 32.1. The van der Waals surface area contributed by atoms with E-state index in [0.717, 1.165) is 22.7 Å². The van der Waals surface area contributed by atoms with Gasteiger partial charge >= 0.3 is 0 Å². The highest BCUT2D eigenvalue weighted by Crippen LogP contribution is 2.27. The van der Waals surface area contributed by atoms with E-state index in [2.05, 4.69) is 14.7 Å². The van der Waals surface area contributed by atoms with Gasteiger partial charge in [0.2, 0.25) is 5.91 Å². The summed E-state index contributed by atoms with van der Waals surface area (Å²) in [5, 5.41) is 2.46. The van der Waals surface area contributed by atoms with Crippen LogP contribution in [0.4, 0.5) is 10.1 Å². The molecular weight excluding hydrogens is 379 g/mol. The van der Waals surface area contributed by atoms with Crippen molar-refractivity contribution in [3.05, 3.63) is 76.6 Å². The van der Waals surface area contributed by atoms with Crippen molar-refractivity contribution < 1.29 is 9.18 Å². The Morgan fingerprint density at radius 2 is 2.04 bits per heavy atom. The first-order valence-corrected chi connectivity index (χ1v) is 9.26. The number of carbonyl (C=O) groups excluding carboxylic acids is 1. The van der Waals surface area contributed by atoms with Crippen LogP contribution in [0.2, 0.25) is 0 Å². The lowest BCUT2D eigenvalue weighted by Gasteiger charge is -2.08. The summed E-state index contributed by atoms with van der Waals surface area (Å²) < 4.78 is 19.6. The summed E-state index contributed by atoms with van der Waals surface area (Å²) in [4.78, 5) is 29.3. The molecule has 4 rings (SSSR count). The van der Waals surface area contributed by atoms with E-state index in [-0.39, 0.29) is 17.8 Å². The summed E-state index contributed by atoms with van der Waals surface area (Å²) in [5.41, 5.74) is 2.82. The maximum atomic E-state index is 13.7. The predicted molar refractivity (Wildman–Crippen MR) is 107 cm³/mol. The van der Waals surface area contributed by atoms with E-state index in [9.17, 15) is 14.0 Å². The Morgan fingerprint density at radius 3 is 2.82 bits per heavy atom. The van der Waals surface area contributed by atoms with E-state index < -0.39 is 11.7 Å². The summed E-state index contributed by atoms with van der Waals surface area (Å²) in [5.74, 6) is -1.06. The van der Waals surface area contributed by atoms with Crippen LogP contribution in [0.1, 0.15) is 5.56 Å². The number of rotatable bonds is 4. The number of hydrogen-bond acceptors (Lipinski definition) is 5. The number of para-hydroxylation sites is 1. The average molecular weight is 394 g/mol. The van der Waals surface area contributed by atoms with Gasteiger partial charge in [-0.05, 0) is 36.7 Å². The van der Waals surface area contributed by atoms with Crippen molar-refractivity contribution in [3.8, 4) is 11.3 Å². The SMILES string of the molecule is Cc1cccc(-c2nsc3c(=O)n(CC(=O)Nc4ccccc4F)cnc23)c1. The van der Waals surface area contributed by atoms with Crippen LogP contribution in [0, 0.1) is 12.7 Å². The quantitative estimate of drug-likeness (QED) is 0.574. The topological polar surface area (TPSA) is 76.9 Å². The van der Waals surface area contributed by atoms with Gasteiger partial charge in [0.15, 0.2) is 0 Å². The van der Waals surface area contributed by atoms with Crippen molar-refractivity contribution in [1.29, 1.82) is 0 Å². The largest absolute Gasteiger partial charge is 0.322 e. The lowest BCUT2D eigenvalue weighted by Crippen LogP contribution is -2.27. The first-order chi connectivity index (χ1) is 13.5. The molecule has 4 aromatic rings. The zero-order chi connectivity index (χ0) is 19.7. The molecule has 0 aliphatic rings. The van der Waals surface area contributed by atoms with Gasteiger partial charge < -0.3 is 5.32 Å². The Balaban J connectivity index is 1.63. The second-order valence-corrected chi connectivity index (χ2v) is 7.06. The fourth-order valence-electron chi connectivity index (χ4n) is 2.86. The number of halogens is 1. The van der Waals surface area contributed by atoms with E-state index in [0.29, 0.717) is 15.9 Å². The van der Waals surface area contributed by atoms with Crippen LogP contribution in [0.25, 0.3) is 21.5 Å². The second-order valence-electron chi connectivity index (χ2n) is 6.28. The molecule has 2 aromatic heterocycles. The standard InChI is InChI=1S/C20H15FN4O2S/c1-12-5-4-6-13(9-12)17-18-19(28-24-17)20(27)25(11-22-18)10-16(26)23-15-8-3-2-7-14(15)21/h2-9,11H,10H2,1H3,(H,23,26). The molecule has 0 saturated carbocycles. The molecule has 2 heterocycles. The molecule has 0 aliphatic carbocycles. The van der Waals surface area contributed by atoms with E-state index in [4.69, 9.17) is 0 Å². The van der Waals surface area contributed by atoms with Crippen LogP contribution in [0.3, 0.4) is 0 Å². The molecule has 1 N–H and O–H groups in total. The number of carbonyl (C=O) groups is 1. The number of aryl methyl sites for hydroxylation is 1. The maximum Gasteiger partial charge on any atom is 0.273 e. The zero-order valence-electron chi connectivity index (χ0n) is 14.8. The number of fused-ring (bicyclic) bond motifs is 1. The van der Waals surface area contributed by atoms with Crippen molar-refractivity contribution in [2.75, 3.05) is 5.32 Å². The molecule has 0 atom stereocenters. The molecule has 0 saturated heterocycles. The summed E-state index contributed by atoms with van der Waals surface area (Å²) in [7, 11) is 0. The minimum Gasteiger partial charge on any atom is -0.322 e. The fraction of sp³-hybridized carbons (Fsp3) is 0.100. The molecule has 8 heteroatoms. The molecule has 140 valence electrons. The van der Waals surface area contributed by atoms with E-state index in [1.54, 1.807) is 6.07 Å². The third kappa shape index (κ3) is 3.41. The number of anilines is 1. The molecule has 28 heavy (non-hydrogen) atoms. The van der Waals surface area contributed by atoms with E-state index in [1.807, 2.05) is 31.2 Å². The van der Waals surface area contributed by atoms with Crippen LogP contribution >= 0.6 is 11.5 Å². The van der Waals surface area contributed by atoms with Crippen molar-refractivity contribution in [3.63, 3.8) is 0 Å². The molecule has 0 spiro atoms. The Bertz CT molecular complexity index is 1250. The summed E-state index contributed by atoms with van der Waals surface area (Å²) >= 11 is 1.05. The number of nitrogens with one attached hydrogen (secondary N) is 1. The van der Waals surface area contributed by atoms with Crippen molar-refractivity contribution in [1.82, 2.24) is 13.9 Å². The van der Waals surface area contributed by atoms with Crippen LogP contribution in [-0.2, 0) is 11.3 Å². The molecule has 2 aromatic carbocycles. The van der Waals surface area contributed by atoms with Crippen LogP contribution < -0.4 is 10.9 Å². The summed E-state index contributed by atoms with van der Waals surface area (Å²) in [6, 6.07) is 13.6. The van der Waals surface area contributed by atoms with Gasteiger partial charge in [-0.25, -0.2) is 9.37 Å². The Kier molecular flexibility index (Phi) is 4.70. The first kappa shape index (κ1) is 18.0.